The van der Waals surface area contributed by atoms with Crippen LogP contribution in [-0.2, 0) is 0 Å². The number of aromatic amines is 1. The highest BCUT2D eigenvalue weighted by atomic mass is 16.1. The van der Waals surface area contributed by atoms with Gasteiger partial charge in [-0.3, -0.25) is 9.89 Å². The third-order valence-corrected chi connectivity index (χ3v) is 4.00. The summed E-state index contributed by atoms with van der Waals surface area (Å²) in [5.74, 6) is 1.99. The molecule has 0 atom stereocenters. The van der Waals surface area contributed by atoms with Crippen LogP contribution in [0.3, 0.4) is 0 Å². The van der Waals surface area contributed by atoms with Crippen molar-refractivity contribution in [3.8, 4) is 0 Å². The van der Waals surface area contributed by atoms with E-state index in [1.54, 1.807) is 10.7 Å². The molecule has 118 valence electrons. The zero-order valence-electron chi connectivity index (χ0n) is 12.6. The van der Waals surface area contributed by atoms with Crippen LogP contribution in [0.15, 0.2) is 24.5 Å². The van der Waals surface area contributed by atoms with Crippen LogP contribution in [0.1, 0.15) is 16.2 Å². The molecule has 9 heteroatoms. The van der Waals surface area contributed by atoms with Gasteiger partial charge in [-0.1, -0.05) is 0 Å². The lowest BCUT2D eigenvalue weighted by Gasteiger charge is -2.40. The van der Waals surface area contributed by atoms with Gasteiger partial charge in [-0.25, -0.2) is 0 Å². The molecule has 0 unspecified atom stereocenters. The quantitative estimate of drug-likeness (QED) is 0.704. The van der Waals surface area contributed by atoms with E-state index in [4.69, 9.17) is 0 Å². The molecule has 4 heterocycles. The standard InChI is InChI=1S/C14H16N8O/c1-9-18-19-12-2-3-13(20-22(9)12)21-7-10(8-21)4-15-14(23)11-5-16-17-6-11/h2-3,5-6,10H,4,7-8H2,1H3,(H,15,23)(H,16,17). The zero-order valence-corrected chi connectivity index (χ0v) is 12.6. The molecular weight excluding hydrogens is 296 g/mol. The second-order valence-corrected chi connectivity index (χ2v) is 5.68. The third kappa shape index (κ3) is 2.50. The maximum atomic E-state index is 11.8. The third-order valence-electron chi connectivity index (χ3n) is 4.00. The molecule has 0 aliphatic carbocycles. The molecular formula is C14H16N8O. The Kier molecular flexibility index (Phi) is 3.18. The molecule has 23 heavy (non-hydrogen) atoms. The highest BCUT2D eigenvalue weighted by Gasteiger charge is 2.28. The van der Waals surface area contributed by atoms with E-state index in [0.29, 0.717) is 18.0 Å². The highest BCUT2D eigenvalue weighted by Crippen LogP contribution is 2.22. The summed E-state index contributed by atoms with van der Waals surface area (Å²) in [7, 11) is 0. The van der Waals surface area contributed by atoms with E-state index >= 15 is 0 Å². The van der Waals surface area contributed by atoms with Crippen LogP contribution in [0, 0.1) is 12.8 Å². The topological polar surface area (TPSA) is 104 Å². The molecule has 1 saturated heterocycles. The number of carbonyl (C=O) groups is 1. The Morgan fingerprint density at radius 3 is 3.04 bits per heavy atom. The Balaban J connectivity index is 1.33. The number of H-pyrrole nitrogens is 1. The van der Waals surface area contributed by atoms with Gasteiger partial charge in [-0.05, 0) is 19.1 Å². The maximum absolute atomic E-state index is 11.8. The van der Waals surface area contributed by atoms with Gasteiger partial charge in [0.05, 0.1) is 11.8 Å². The number of anilines is 1. The number of rotatable bonds is 4. The average molecular weight is 312 g/mol. The number of aryl methyl sites for hydroxylation is 1. The zero-order chi connectivity index (χ0) is 15.8. The number of amides is 1. The minimum Gasteiger partial charge on any atom is -0.354 e. The van der Waals surface area contributed by atoms with Gasteiger partial charge < -0.3 is 10.2 Å². The second kappa shape index (κ2) is 5.34. The molecule has 3 aromatic rings. The van der Waals surface area contributed by atoms with Gasteiger partial charge in [-0.2, -0.15) is 9.61 Å². The van der Waals surface area contributed by atoms with Crippen molar-refractivity contribution in [1.29, 1.82) is 0 Å². The predicted molar refractivity (Wildman–Crippen MR) is 82.1 cm³/mol. The van der Waals surface area contributed by atoms with Crippen LogP contribution in [0.4, 0.5) is 5.82 Å². The Labute approximate surface area is 131 Å². The van der Waals surface area contributed by atoms with E-state index in [2.05, 4.69) is 35.7 Å². The average Bonchev–Trinajstić information content (AvgIpc) is 3.16. The van der Waals surface area contributed by atoms with Crippen LogP contribution in [0.25, 0.3) is 5.65 Å². The van der Waals surface area contributed by atoms with Crippen molar-refractivity contribution in [3.05, 3.63) is 35.9 Å². The Morgan fingerprint density at radius 1 is 1.39 bits per heavy atom. The first-order chi connectivity index (χ1) is 11.2. The maximum Gasteiger partial charge on any atom is 0.254 e. The minimum absolute atomic E-state index is 0.100. The van der Waals surface area contributed by atoms with Crippen LogP contribution in [0.5, 0.6) is 0 Å². The molecule has 0 spiro atoms. The first-order valence-corrected chi connectivity index (χ1v) is 7.42. The number of aromatic nitrogens is 6. The number of hydrogen-bond acceptors (Lipinski definition) is 6. The molecule has 1 fully saturated rings. The van der Waals surface area contributed by atoms with Gasteiger partial charge in [0.2, 0.25) is 0 Å². The molecule has 4 rings (SSSR count). The minimum atomic E-state index is -0.100. The molecule has 0 aromatic carbocycles. The summed E-state index contributed by atoms with van der Waals surface area (Å²) in [6, 6.07) is 3.86. The summed E-state index contributed by atoms with van der Waals surface area (Å²) in [4.78, 5) is 14.0. The van der Waals surface area contributed by atoms with Crippen molar-refractivity contribution in [1.82, 2.24) is 35.3 Å². The molecule has 0 saturated carbocycles. The van der Waals surface area contributed by atoms with Crippen LogP contribution < -0.4 is 10.2 Å². The van der Waals surface area contributed by atoms with Gasteiger partial charge >= 0.3 is 0 Å². The first kappa shape index (κ1) is 13.7. The monoisotopic (exact) mass is 312 g/mol. The summed E-state index contributed by atoms with van der Waals surface area (Å²) in [5, 5.41) is 21.9. The van der Waals surface area contributed by atoms with Crippen molar-refractivity contribution >= 4 is 17.4 Å². The van der Waals surface area contributed by atoms with E-state index in [1.165, 1.54) is 6.20 Å². The second-order valence-electron chi connectivity index (χ2n) is 5.68. The Bertz CT molecular complexity index is 834. The molecule has 1 amide bonds. The number of hydrogen-bond donors (Lipinski definition) is 2. The molecule has 0 radical (unpaired) electrons. The van der Waals surface area contributed by atoms with Gasteiger partial charge in [0.1, 0.15) is 5.82 Å². The Hall–Kier alpha value is -2.97. The molecule has 1 aliphatic heterocycles. The largest absolute Gasteiger partial charge is 0.354 e. The summed E-state index contributed by atoms with van der Waals surface area (Å²) >= 11 is 0. The fraction of sp³-hybridized carbons (Fsp3) is 0.357. The lowest BCUT2D eigenvalue weighted by Crippen LogP contribution is -2.52. The Morgan fingerprint density at radius 2 is 2.26 bits per heavy atom. The summed E-state index contributed by atoms with van der Waals surface area (Å²) in [6.07, 6.45) is 3.10. The summed E-state index contributed by atoms with van der Waals surface area (Å²) in [6.45, 7) is 4.26. The lowest BCUT2D eigenvalue weighted by atomic mass is 10.00. The summed E-state index contributed by atoms with van der Waals surface area (Å²) in [5.41, 5.74) is 1.30. The van der Waals surface area contributed by atoms with E-state index < -0.39 is 0 Å². The van der Waals surface area contributed by atoms with Gasteiger partial charge in [-0.15, -0.1) is 15.3 Å². The van der Waals surface area contributed by atoms with E-state index in [0.717, 1.165) is 30.4 Å². The SMILES string of the molecule is Cc1nnc2ccc(N3CC(CNC(=O)c4cn[nH]c4)C3)nn12. The first-order valence-electron chi connectivity index (χ1n) is 7.42. The molecule has 9 nitrogen and oxygen atoms in total. The lowest BCUT2D eigenvalue weighted by molar-refractivity contribution is 0.0944. The predicted octanol–water partition coefficient (Wildman–Crippen LogP) is 0.0220. The van der Waals surface area contributed by atoms with Crippen LogP contribution >= 0.6 is 0 Å². The van der Waals surface area contributed by atoms with E-state index in [-0.39, 0.29) is 5.91 Å². The molecule has 0 bridgehead atoms. The summed E-state index contributed by atoms with van der Waals surface area (Å²) < 4.78 is 1.74. The molecule has 3 aromatic heterocycles. The number of fused-ring (bicyclic) bond motifs is 1. The van der Waals surface area contributed by atoms with Crippen molar-refractivity contribution in [2.24, 2.45) is 5.92 Å². The van der Waals surface area contributed by atoms with E-state index in [9.17, 15) is 4.79 Å². The fourth-order valence-electron chi connectivity index (χ4n) is 2.66. The number of nitrogens with one attached hydrogen (secondary N) is 2. The highest BCUT2D eigenvalue weighted by molar-refractivity contribution is 5.93. The number of nitrogens with zero attached hydrogens (tertiary/aromatic N) is 6. The molecule has 2 N–H and O–H groups in total. The van der Waals surface area contributed by atoms with Gasteiger partial charge in [0, 0.05) is 31.7 Å². The van der Waals surface area contributed by atoms with E-state index in [1.807, 2.05) is 19.1 Å². The van der Waals surface area contributed by atoms with Crippen molar-refractivity contribution < 1.29 is 4.79 Å². The van der Waals surface area contributed by atoms with Gasteiger partial charge in [0.25, 0.3) is 5.91 Å². The fourth-order valence-corrected chi connectivity index (χ4v) is 2.66. The smallest absolute Gasteiger partial charge is 0.254 e. The van der Waals surface area contributed by atoms with Gasteiger partial charge in [0.15, 0.2) is 11.5 Å². The van der Waals surface area contributed by atoms with Crippen LogP contribution in [0.2, 0.25) is 0 Å². The van der Waals surface area contributed by atoms with Crippen molar-refractivity contribution in [2.45, 2.75) is 6.92 Å². The van der Waals surface area contributed by atoms with Crippen LogP contribution in [-0.4, -0.2) is 55.6 Å². The normalized spacial score (nSPS) is 14.9. The van der Waals surface area contributed by atoms with Crippen molar-refractivity contribution in [3.63, 3.8) is 0 Å². The van der Waals surface area contributed by atoms with Crippen molar-refractivity contribution in [2.75, 3.05) is 24.5 Å². The molecule has 1 aliphatic rings. The number of carbonyl (C=O) groups excluding carboxylic acids is 1.